The van der Waals surface area contributed by atoms with E-state index in [9.17, 15) is 4.79 Å². The third kappa shape index (κ3) is 2.01. The third-order valence-electron chi connectivity index (χ3n) is 3.10. The van der Waals surface area contributed by atoms with Crippen molar-refractivity contribution in [2.24, 2.45) is 0 Å². The van der Waals surface area contributed by atoms with Gasteiger partial charge in [0.15, 0.2) is 5.76 Å². The molecule has 2 aliphatic heterocycles. The number of methoxy groups -OCH3 is 1. The number of nitrogens with zero attached hydrogens (tertiary/aromatic N) is 1. The zero-order valence-corrected chi connectivity index (χ0v) is 10.5. The van der Waals surface area contributed by atoms with Crippen molar-refractivity contribution >= 4 is 17.9 Å². The first-order valence-electron chi connectivity index (χ1n) is 6.00. The van der Waals surface area contributed by atoms with E-state index in [0.29, 0.717) is 5.76 Å². The molecule has 2 aliphatic rings. The second-order valence-corrected chi connectivity index (χ2v) is 4.23. The summed E-state index contributed by atoms with van der Waals surface area (Å²) in [6.45, 7) is 0.758. The largest absolute Gasteiger partial charge is 0.513 e. The van der Waals surface area contributed by atoms with Gasteiger partial charge in [-0.1, -0.05) is 30.3 Å². The van der Waals surface area contributed by atoms with Crippen LogP contribution in [-0.4, -0.2) is 24.7 Å². The molecule has 0 bridgehead atoms. The molecule has 96 valence electrons. The molecule has 4 nitrogen and oxygen atoms in total. The first kappa shape index (κ1) is 11.6. The summed E-state index contributed by atoms with van der Waals surface area (Å²) in [5.74, 6) is 0.509. The summed E-state index contributed by atoms with van der Waals surface area (Å²) in [5.41, 5.74) is 3.05. The molecule has 4 heteroatoms. The van der Waals surface area contributed by atoms with Crippen LogP contribution in [0.5, 0.6) is 0 Å². The zero-order chi connectivity index (χ0) is 13.2. The van der Waals surface area contributed by atoms with E-state index in [1.54, 1.807) is 6.08 Å². The van der Waals surface area contributed by atoms with Gasteiger partial charge in [0.1, 0.15) is 0 Å². The van der Waals surface area contributed by atoms with Crippen molar-refractivity contribution in [1.29, 1.82) is 0 Å². The minimum atomic E-state index is -0.707. The van der Waals surface area contributed by atoms with Crippen molar-refractivity contribution in [3.63, 3.8) is 0 Å². The van der Waals surface area contributed by atoms with Gasteiger partial charge in [-0.05, 0) is 17.7 Å². The Morgan fingerprint density at radius 3 is 2.95 bits per heavy atom. The second-order valence-electron chi connectivity index (χ2n) is 4.23. The average Bonchev–Trinajstić information content (AvgIpc) is 2.47. The fraction of sp³-hybridized carbons (Fsp3) is 0.133. The van der Waals surface area contributed by atoms with E-state index in [4.69, 9.17) is 4.74 Å². The fourth-order valence-corrected chi connectivity index (χ4v) is 2.25. The first-order chi connectivity index (χ1) is 9.29. The molecule has 0 aromatic heterocycles. The highest BCUT2D eigenvalue weighted by molar-refractivity contribution is 5.81. The summed E-state index contributed by atoms with van der Waals surface area (Å²) in [7, 11) is 1.30. The Bertz CT molecular complexity index is 614. The van der Waals surface area contributed by atoms with Gasteiger partial charge in [-0.3, -0.25) is 0 Å². The van der Waals surface area contributed by atoms with Gasteiger partial charge < -0.3 is 14.4 Å². The smallest absolute Gasteiger partial charge is 0.437 e. The minimum absolute atomic E-state index is 0.509. The van der Waals surface area contributed by atoms with Crippen LogP contribution < -0.4 is 0 Å². The van der Waals surface area contributed by atoms with E-state index in [1.807, 2.05) is 47.5 Å². The summed E-state index contributed by atoms with van der Waals surface area (Å²) >= 11 is 0. The van der Waals surface area contributed by atoms with Crippen LogP contribution in [0.2, 0.25) is 0 Å². The van der Waals surface area contributed by atoms with Gasteiger partial charge >= 0.3 is 6.16 Å². The molecule has 2 heterocycles. The van der Waals surface area contributed by atoms with Crippen molar-refractivity contribution in [2.75, 3.05) is 13.7 Å². The van der Waals surface area contributed by atoms with Crippen molar-refractivity contribution in [1.82, 2.24) is 4.90 Å². The standard InChI is InChI=1S/C15H13NO3/c1-18-15(17)19-13-7-4-9-16-10-8-11-5-2-3-6-12(11)14(13)16/h2-8,10H,9H2,1H3. The van der Waals surface area contributed by atoms with Gasteiger partial charge in [0.2, 0.25) is 0 Å². The predicted octanol–water partition coefficient (Wildman–Crippen LogP) is 2.99. The van der Waals surface area contributed by atoms with Gasteiger partial charge in [0, 0.05) is 18.3 Å². The van der Waals surface area contributed by atoms with Crippen LogP contribution >= 0.6 is 0 Å². The van der Waals surface area contributed by atoms with Crippen LogP contribution in [0.3, 0.4) is 0 Å². The first-order valence-corrected chi connectivity index (χ1v) is 6.00. The maximum absolute atomic E-state index is 11.3. The Morgan fingerprint density at radius 1 is 1.26 bits per heavy atom. The molecule has 0 aliphatic carbocycles. The zero-order valence-electron chi connectivity index (χ0n) is 10.5. The van der Waals surface area contributed by atoms with E-state index >= 15 is 0 Å². The number of hydrogen-bond acceptors (Lipinski definition) is 4. The minimum Gasteiger partial charge on any atom is -0.437 e. The van der Waals surface area contributed by atoms with E-state index in [1.165, 1.54) is 7.11 Å². The topological polar surface area (TPSA) is 38.8 Å². The fourth-order valence-electron chi connectivity index (χ4n) is 2.25. The summed E-state index contributed by atoms with van der Waals surface area (Å²) < 4.78 is 9.78. The Labute approximate surface area is 111 Å². The molecule has 0 atom stereocenters. The van der Waals surface area contributed by atoms with Crippen molar-refractivity contribution in [3.8, 4) is 0 Å². The SMILES string of the molecule is COC(=O)OC1=C2c3ccccc3C=CN2CC=C1. The van der Waals surface area contributed by atoms with Crippen molar-refractivity contribution in [3.05, 3.63) is 59.5 Å². The van der Waals surface area contributed by atoms with Gasteiger partial charge in [-0.25, -0.2) is 4.79 Å². The molecule has 0 fully saturated rings. The lowest BCUT2D eigenvalue weighted by Crippen LogP contribution is -2.24. The molecule has 19 heavy (non-hydrogen) atoms. The molecule has 0 radical (unpaired) electrons. The Hall–Kier alpha value is -2.49. The lowest BCUT2D eigenvalue weighted by Gasteiger charge is -2.31. The van der Waals surface area contributed by atoms with Crippen molar-refractivity contribution < 1.29 is 14.3 Å². The highest BCUT2D eigenvalue weighted by atomic mass is 16.7. The van der Waals surface area contributed by atoms with Crippen LogP contribution in [0.4, 0.5) is 4.79 Å². The highest BCUT2D eigenvalue weighted by Gasteiger charge is 2.24. The molecule has 1 aromatic rings. The van der Waals surface area contributed by atoms with E-state index < -0.39 is 6.16 Å². The molecular formula is C15H13NO3. The second kappa shape index (κ2) is 4.65. The molecule has 0 amide bonds. The number of carbonyl (C=O) groups excluding carboxylic acids is 1. The Morgan fingerprint density at radius 2 is 2.11 bits per heavy atom. The Kier molecular flexibility index (Phi) is 2.83. The number of fused-ring (bicyclic) bond motifs is 3. The summed E-state index contributed by atoms with van der Waals surface area (Å²) in [6, 6.07) is 8.00. The maximum Gasteiger partial charge on any atom is 0.513 e. The number of benzene rings is 1. The van der Waals surface area contributed by atoms with E-state index in [-0.39, 0.29) is 0 Å². The van der Waals surface area contributed by atoms with Gasteiger partial charge in [0.25, 0.3) is 0 Å². The van der Waals surface area contributed by atoms with Crippen LogP contribution in [-0.2, 0) is 9.47 Å². The lowest BCUT2D eigenvalue weighted by molar-refractivity contribution is 0.0993. The van der Waals surface area contributed by atoms with Gasteiger partial charge in [-0.15, -0.1) is 0 Å². The average molecular weight is 255 g/mol. The molecule has 1 aromatic carbocycles. The van der Waals surface area contributed by atoms with Crippen LogP contribution in [0.25, 0.3) is 11.8 Å². The number of rotatable bonds is 1. The monoisotopic (exact) mass is 255 g/mol. The number of ether oxygens (including phenoxy) is 2. The van der Waals surface area contributed by atoms with Gasteiger partial charge in [-0.2, -0.15) is 0 Å². The molecule has 0 saturated carbocycles. The molecule has 0 unspecified atom stereocenters. The molecule has 0 spiro atoms. The van der Waals surface area contributed by atoms with Crippen molar-refractivity contribution in [2.45, 2.75) is 0 Å². The number of carbonyl (C=O) groups is 1. The number of allylic oxidation sites excluding steroid dienone is 1. The predicted molar refractivity (Wildman–Crippen MR) is 71.7 cm³/mol. The molecule has 0 N–H and O–H groups in total. The van der Waals surface area contributed by atoms with Gasteiger partial charge in [0.05, 0.1) is 12.8 Å². The summed E-state index contributed by atoms with van der Waals surface area (Å²) in [6.07, 6.45) is 7.08. The number of hydrogen-bond donors (Lipinski definition) is 0. The quantitative estimate of drug-likeness (QED) is 0.723. The summed E-state index contributed by atoms with van der Waals surface area (Å²) in [5, 5.41) is 0. The van der Waals surface area contributed by atoms with E-state index in [0.717, 1.165) is 23.4 Å². The third-order valence-corrected chi connectivity index (χ3v) is 3.10. The van der Waals surface area contributed by atoms with Crippen LogP contribution in [0.15, 0.2) is 48.4 Å². The molecule has 3 rings (SSSR count). The normalized spacial score (nSPS) is 15.9. The van der Waals surface area contributed by atoms with E-state index in [2.05, 4.69) is 4.74 Å². The molecular weight excluding hydrogens is 242 g/mol. The highest BCUT2D eigenvalue weighted by Crippen LogP contribution is 2.34. The Balaban J connectivity index is 2.11. The van der Waals surface area contributed by atoms with Crippen LogP contribution in [0.1, 0.15) is 11.1 Å². The lowest BCUT2D eigenvalue weighted by atomic mass is 9.98. The molecule has 0 saturated heterocycles. The summed E-state index contributed by atoms with van der Waals surface area (Å²) in [4.78, 5) is 13.4. The van der Waals surface area contributed by atoms with Crippen LogP contribution in [0, 0.1) is 0 Å². The maximum atomic E-state index is 11.3.